The number of rotatable bonds is 7. The van der Waals surface area contributed by atoms with Gasteiger partial charge >= 0.3 is 5.97 Å². The van der Waals surface area contributed by atoms with Crippen LogP contribution in [0.4, 0.5) is 0 Å². The highest BCUT2D eigenvalue weighted by atomic mass is 32.2. The smallest absolute Gasteiger partial charge is 0.310 e. The van der Waals surface area contributed by atoms with Gasteiger partial charge in [-0.25, -0.2) is 13.6 Å². The Balaban J connectivity index is 2.12. The first-order valence-electron chi connectivity index (χ1n) is 7.70. The van der Waals surface area contributed by atoms with Crippen molar-refractivity contribution in [3.63, 3.8) is 0 Å². The Morgan fingerprint density at radius 2 is 1.88 bits per heavy atom. The lowest BCUT2D eigenvalue weighted by molar-refractivity contribution is -0.146. The molecule has 0 radical (unpaired) electrons. The van der Waals surface area contributed by atoms with Gasteiger partial charge in [-0.2, -0.15) is 0 Å². The molecule has 1 aliphatic carbocycles. The van der Waals surface area contributed by atoms with Gasteiger partial charge in [0.05, 0.1) is 17.9 Å². The Labute approximate surface area is 141 Å². The van der Waals surface area contributed by atoms with E-state index in [-0.39, 0.29) is 29.2 Å². The van der Waals surface area contributed by atoms with Gasteiger partial charge < -0.3 is 9.64 Å². The van der Waals surface area contributed by atoms with Crippen molar-refractivity contribution in [2.45, 2.75) is 31.2 Å². The van der Waals surface area contributed by atoms with E-state index in [2.05, 4.69) is 0 Å². The summed E-state index contributed by atoms with van der Waals surface area (Å²) < 4.78 is 27.3. The van der Waals surface area contributed by atoms with E-state index < -0.39 is 15.9 Å². The predicted octanol–water partition coefficient (Wildman–Crippen LogP) is 0.882. The number of carbonyl (C=O) groups is 2. The molecule has 1 saturated carbocycles. The summed E-state index contributed by atoms with van der Waals surface area (Å²) in [6.45, 7) is 2.28. The monoisotopic (exact) mass is 354 g/mol. The zero-order valence-corrected chi connectivity index (χ0v) is 14.6. The molecule has 0 bridgehead atoms. The van der Waals surface area contributed by atoms with Gasteiger partial charge in [-0.3, -0.25) is 9.59 Å². The van der Waals surface area contributed by atoms with E-state index in [1.54, 1.807) is 24.0 Å². The minimum Gasteiger partial charge on any atom is -0.469 e. The summed E-state index contributed by atoms with van der Waals surface area (Å²) in [7, 11) is -2.43. The van der Waals surface area contributed by atoms with Crippen LogP contribution in [0, 0.1) is 11.8 Å². The van der Waals surface area contributed by atoms with Crippen LogP contribution in [-0.4, -0.2) is 38.8 Å². The summed E-state index contributed by atoms with van der Waals surface area (Å²) in [4.78, 5) is 25.7. The minimum atomic E-state index is -3.74. The molecular formula is C16H22N2O5S. The van der Waals surface area contributed by atoms with Crippen molar-refractivity contribution in [1.29, 1.82) is 0 Å². The van der Waals surface area contributed by atoms with Crippen LogP contribution >= 0.6 is 0 Å². The van der Waals surface area contributed by atoms with Crippen molar-refractivity contribution in [2.24, 2.45) is 17.0 Å². The summed E-state index contributed by atoms with van der Waals surface area (Å²) in [6, 6.07) is 6.06. The fraction of sp³-hybridized carbons (Fsp3) is 0.500. The summed E-state index contributed by atoms with van der Waals surface area (Å²) in [5, 5.41) is 5.08. The van der Waals surface area contributed by atoms with Crippen molar-refractivity contribution in [1.82, 2.24) is 4.90 Å². The molecule has 0 heterocycles. The number of hydrogen-bond acceptors (Lipinski definition) is 5. The third-order valence-corrected chi connectivity index (χ3v) is 4.89. The van der Waals surface area contributed by atoms with Gasteiger partial charge in [-0.1, -0.05) is 19.1 Å². The number of nitrogens with zero attached hydrogens (tertiary/aromatic N) is 1. The maximum atomic E-state index is 12.4. The molecule has 1 aliphatic rings. The molecule has 0 aromatic heterocycles. The summed E-state index contributed by atoms with van der Waals surface area (Å²) >= 11 is 0. The predicted molar refractivity (Wildman–Crippen MR) is 87.1 cm³/mol. The molecule has 1 aromatic rings. The van der Waals surface area contributed by atoms with E-state index in [9.17, 15) is 18.0 Å². The van der Waals surface area contributed by atoms with Crippen LogP contribution in [0.2, 0.25) is 0 Å². The summed E-state index contributed by atoms with van der Waals surface area (Å²) in [5.74, 6) is -0.755. The van der Waals surface area contributed by atoms with Crippen molar-refractivity contribution in [3.8, 4) is 0 Å². The molecule has 1 atom stereocenters. The maximum Gasteiger partial charge on any atom is 0.310 e. The van der Waals surface area contributed by atoms with Gasteiger partial charge in [-0.05, 0) is 30.5 Å². The Kier molecular flexibility index (Phi) is 5.61. The molecule has 0 aliphatic heterocycles. The number of hydrogen-bond donors (Lipinski definition) is 1. The fourth-order valence-corrected chi connectivity index (χ4v) is 2.95. The Morgan fingerprint density at radius 3 is 2.33 bits per heavy atom. The van der Waals surface area contributed by atoms with Crippen LogP contribution in [0.25, 0.3) is 0 Å². The van der Waals surface area contributed by atoms with E-state index in [0.717, 1.165) is 18.4 Å². The van der Waals surface area contributed by atoms with Crippen LogP contribution in [0.5, 0.6) is 0 Å². The van der Waals surface area contributed by atoms with Crippen molar-refractivity contribution >= 4 is 21.9 Å². The first kappa shape index (κ1) is 18.4. The van der Waals surface area contributed by atoms with Crippen molar-refractivity contribution in [2.75, 3.05) is 13.7 Å². The second-order valence-electron chi connectivity index (χ2n) is 6.11. The van der Waals surface area contributed by atoms with Crippen LogP contribution in [0.1, 0.15) is 25.3 Å². The van der Waals surface area contributed by atoms with E-state index in [4.69, 9.17) is 9.88 Å². The zero-order valence-electron chi connectivity index (χ0n) is 13.8. The average Bonchev–Trinajstić information content (AvgIpc) is 3.37. The molecule has 132 valence electrons. The number of methoxy groups -OCH3 is 1. The average molecular weight is 354 g/mol. The molecule has 1 unspecified atom stereocenters. The minimum absolute atomic E-state index is 0.0151. The van der Waals surface area contributed by atoms with Crippen LogP contribution in [-0.2, 0) is 30.9 Å². The number of esters is 1. The second kappa shape index (κ2) is 7.31. The lowest BCUT2D eigenvalue weighted by Crippen LogP contribution is -2.37. The quantitative estimate of drug-likeness (QED) is 0.732. The molecule has 0 saturated heterocycles. The Bertz CT molecular complexity index is 710. The highest BCUT2D eigenvalue weighted by Crippen LogP contribution is 2.32. The van der Waals surface area contributed by atoms with E-state index in [1.807, 2.05) is 0 Å². The van der Waals surface area contributed by atoms with E-state index >= 15 is 0 Å². The SMILES string of the molecule is COC(=O)C(C)CN(Cc1ccc(S(N)(=O)=O)cc1)C(=O)C1CC1. The Hall–Kier alpha value is -1.93. The van der Waals surface area contributed by atoms with Gasteiger partial charge in [0.15, 0.2) is 0 Å². The highest BCUT2D eigenvalue weighted by molar-refractivity contribution is 7.89. The molecule has 24 heavy (non-hydrogen) atoms. The summed E-state index contributed by atoms with van der Waals surface area (Å²) in [5.41, 5.74) is 0.772. The number of nitrogens with two attached hydrogens (primary N) is 1. The molecule has 1 amide bonds. The molecule has 0 spiro atoms. The number of carbonyl (C=O) groups excluding carboxylic acids is 2. The van der Waals surface area contributed by atoms with Gasteiger partial charge in [0, 0.05) is 19.0 Å². The van der Waals surface area contributed by atoms with E-state index in [1.165, 1.54) is 19.2 Å². The molecule has 1 fully saturated rings. The van der Waals surface area contributed by atoms with Crippen molar-refractivity contribution < 1.29 is 22.7 Å². The first-order valence-corrected chi connectivity index (χ1v) is 9.25. The highest BCUT2D eigenvalue weighted by Gasteiger charge is 2.34. The first-order chi connectivity index (χ1) is 11.2. The van der Waals surface area contributed by atoms with Gasteiger partial charge in [0.2, 0.25) is 15.9 Å². The normalized spacial score (nSPS) is 15.6. The maximum absolute atomic E-state index is 12.4. The van der Waals surface area contributed by atoms with Gasteiger partial charge in [-0.15, -0.1) is 0 Å². The number of amides is 1. The standard InChI is InChI=1S/C16H22N2O5S/c1-11(16(20)23-2)9-18(15(19)13-5-6-13)10-12-3-7-14(8-4-12)24(17,21)22/h3-4,7-8,11,13H,5-6,9-10H2,1-2H3,(H2,17,21,22). The van der Waals surface area contributed by atoms with Gasteiger partial charge in [0.25, 0.3) is 0 Å². The lowest BCUT2D eigenvalue weighted by Gasteiger charge is -2.25. The zero-order chi connectivity index (χ0) is 17.9. The number of sulfonamides is 1. The lowest BCUT2D eigenvalue weighted by atomic mass is 10.1. The topological polar surface area (TPSA) is 107 Å². The molecular weight excluding hydrogens is 332 g/mol. The summed E-state index contributed by atoms with van der Waals surface area (Å²) in [6.07, 6.45) is 1.73. The Morgan fingerprint density at radius 1 is 1.29 bits per heavy atom. The third kappa shape index (κ3) is 4.78. The largest absolute Gasteiger partial charge is 0.469 e. The van der Waals surface area contributed by atoms with Crippen LogP contribution in [0.15, 0.2) is 29.2 Å². The van der Waals surface area contributed by atoms with E-state index in [0.29, 0.717) is 6.54 Å². The molecule has 7 nitrogen and oxygen atoms in total. The number of benzene rings is 1. The molecule has 1 aromatic carbocycles. The van der Waals surface area contributed by atoms with Gasteiger partial charge in [0.1, 0.15) is 0 Å². The molecule has 2 rings (SSSR count). The molecule has 8 heteroatoms. The van der Waals surface area contributed by atoms with Crippen molar-refractivity contribution in [3.05, 3.63) is 29.8 Å². The van der Waals surface area contributed by atoms with Crippen LogP contribution < -0.4 is 5.14 Å². The van der Waals surface area contributed by atoms with Crippen LogP contribution in [0.3, 0.4) is 0 Å². The number of primary sulfonamides is 1. The third-order valence-electron chi connectivity index (χ3n) is 3.96. The number of ether oxygens (including phenoxy) is 1. The second-order valence-corrected chi connectivity index (χ2v) is 7.67. The molecule has 2 N–H and O–H groups in total. The fourth-order valence-electron chi connectivity index (χ4n) is 2.43.